The lowest BCUT2D eigenvalue weighted by atomic mass is 9.96. The molecule has 44 heteroatoms. The summed E-state index contributed by atoms with van der Waals surface area (Å²) >= 11 is 32.4. The summed E-state index contributed by atoms with van der Waals surface area (Å²) in [6, 6.07) is 11.7. The van der Waals surface area contributed by atoms with Gasteiger partial charge in [-0.15, -0.1) is 46.0 Å². The summed E-state index contributed by atoms with van der Waals surface area (Å²) in [4.78, 5) is 124. The highest BCUT2D eigenvalue weighted by Gasteiger charge is 2.22. The quantitative estimate of drug-likeness (QED) is 0.00919. The number of thiophene rings is 4. The minimum atomic E-state index is -1.10. The van der Waals surface area contributed by atoms with Gasteiger partial charge in [-0.3, -0.25) is 39.4 Å². The summed E-state index contributed by atoms with van der Waals surface area (Å²) in [5.41, 5.74) is 21.9. The number of carbonyl (C=O) groups excluding carboxylic acids is 4. The van der Waals surface area contributed by atoms with Crippen molar-refractivity contribution < 1.29 is 72.5 Å². The number of fused-ring (bicyclic) bond motifs is 2. The number of aryl methyl sites for hydroxylation is 4. The normalized spacial score (nSPS) is 9.77. The van der Waals surface area contributed by atoms with Gasteiger partial charge < -0.3 is 70.5 Å². The number of aliphatic hydroxyl groups excluding tert-OH is 1. The number of aromatic nitrogens is 8. The number of anilines is 4. The number of ether oxygens (including phenoxy) is 6. The number of aldehydes is 2. The van der Waals surface area contributed by atoms with E-state index in [2.05, 4.69) is 235 Å². The molecule has 9 rings (SSSR count). The molecule has 0 fully saturated rings. The third kappa shape index (κ3) is 56.1. The van der Waals surface area contributed by atoms with Gasteiger partial charge in [0.25, 0.3) is 16.7 Å². The Balaban J connectivity index is -0.000000379. The lowest BCUT2D eigenvalue weighted by molar-refractivity contribution is -0.178. The highest BCUT2D eigenvalue weighted by molar-refractivity contribution is 9.93. The van der Waals surface area contributed by atoms with Crippen LogP contribution in [0.25, 0.3) is 22.1 Å². The summed E-state index contributed by atoms with van der Waals surface area (Å²) in [7, 11) is 6.90. The fourth-order valence-corrected chi connectivity index (χ4v) is 10.7. The van der Waals surface area contributed by atoms with Crippen LogP contribution < -0.4 is 39.2 Å². The molecule has 0 bridgehead atoms. The van der Waals surface area contributed by atoms with Crippen molar-refractivity contribution in [3.05, 3.63) is 155 Å². The van der Waals surface area contributed by atoms with Crippen molar-refractivity contribution in [1.29, 1.82) is 0 Å². The van der Waals surface area contributed by atoms with E-state index in [1.54, 1.807) is 118 Å². The van der Waals surface area contributed by atoms with Gasteiger partial charge in [-0.2, -0.15) is 26.3 Å². The lowest BCUT2D eigenvalue weighted by Gasteiger charge is -2.18. The third-order valence-electron chi connectivity index (χ3n) is 11.2. The Morgan fingerprint density at radius 3 is 1.38 bits per heavy atom. The maximum absolute atomic E-state index is 11.9. The van der Waals surface area contributed by atoms with Crippen molar-refractivity contribution in [1.82, 2.24) is 39.9 Å². The van der Waals surface area contributed by atoms with E-state index in [9.17, 15) is 43.2 Å². The molecule has 624 valence electrons. The monoisotopic (exact) mass is 2230 g/mol. The van der Waals surface area contributed by atoms with Gasteiger partial charge in [0.05, 0.1) is 25.0 Å². The number of H-pyrrole nitrogens is 3. The zero-order chi connectivity index (χ0) is 87.6. The Labute approximate surface area is 739 Å². The highest BCUT2D eigenvalue weighted by atomic mass is 80.9. The van der Waals surface area contributed by atoms with Crippen LogP contribution in [-0.2, 0) is 42.8 Å². The average Bonchev–Trinajstić information content (AvgIpc) is 0.993. The number of nitrogens with one attached hydrogen (secondary N) is 4. The van der Waals surface area contributed by atoms with E-state index < -0.39 is 30.3 Å². The number of nitrogens with zero attached hydrogens (tertiary/aromatic N) is 5. The number of amides is 1. The second-order valence-corrected chi connectivity index (χ2v) is 36.6. The first-order valence-electron chi connectivity index (χ1n) is 31.5. The smallest absolute Gasteiger partial charge is 0.348 e. The second-order valence-electron chi connectivity index (χ2n) is 22.5. The zero-order valence-electron chi connectivity index (χ0n) is 64.2. The van der Waals surface area contributed by atoms with Crippen LogP contribution in [0.5, 0.6) is 0 Å². The molecule has 13 N–H and O–H groups in total. The van der Waals surface area contributed by atoms with Gasteiger partial charge in [0, 0.05) is 145 Å². The van der Waals surface area contributed by atoms with Crippen molar-refractivity contribution in [2.45, 2.75) is 113 Å². The minimum absolute atomic E-state index is 0.0417. The summed E-state index contributed by atoms with van der Waals surface area (Å²) < 4.78 is 32.5. The predicted octanol–water partition coefficient (Wildman–Crippen LogP) is 17.3. The number of carbonyl (C=O) groups is 6. The van der Waals surface area contributed by atoms with Crippen molar-refractivity contribution in [2.24, 2.45) is 5.41 Å². The molecule has 0 saturated heterocycles. The zero-order valence-corrected chi connectivity index (χ0v) is 82.7. The molecule has 112 heavy (non-hydrogen) atoms. The first-order chi connectivity index (χ1) is 52.4. The Bertz CT molecular complexity index is 4300. The van der Waals surface area contributed by atoms with E-state index in [4.69, 9.17) is 62.6 Å². The number of rotatable bonds is 14. The number of aromatic carboxylic acids is 2. The highest BCUT2D eigenvalue weighted by Crippen LogP contribution is 2.29. The predicted molar refractivity (Wildman–Crippen MR) is 487 cm³/mol. The van der Waals surface area contributed by atoms with Crippen LogP contribution in [0.1, 0.15) is 99.2 Å². The van der Waals surface area contributed by atoms with E-state index in [-0.39, 0.29) is 77.1 Å². The van der Waals surface area contributed by atoms with Gasteiger partial charge in [-0.25, -0.2) is 24.4 Å². The van der Waals surface area contributed by atoms with E-state index in [1.807, 2.05) is 39.1 Å². The second kappa shape index (κ2) is 66.8. The van der Waals surface area contributed by atoms with Crippen molar-refractivity contribution in [3.63, 3.8) is 0 Å². The Morgan fingerprint density at radius 1 is 0.661 bits per heavy atom. The third-order valence-corrected chi connectivity index (χ3v) is 19.4. The van der Waals surface area contributed by atoms with Crippen LogP contribution in [0.3, 0.4) is 0 Å². The Hall–Kier alpha value is -5.26. The first kappa shape index (κ1) is 115. The molecule has 0 aliphatic carbocycles. The number of alkyl halides is 1. The van der Waals surface area contributed by atoms with E-state index in [0.29, 0.717) is 61.1 Å². The number of aromatic amines is 3. The molecule has 0 unspecified atom stereocenters. The number of hydrogen-bond acceptors (Lipinski definition) is 28. The van der Waals surface area contributed by atoms with Crippen LogP contribution in [0.4, 0.5) is 23.7 Å². The van der Waals surface area contributed by atoms with Gasteiger partial charge in [0.1, 0.15) is 45.9 Å². The van der Waals surface area contributed by atoms with Gasteiger partial charge in [-0.05, 0) is 187 Å². The molecule has 0 saturated carbocycles. The van der Waals surface area contributed by atoms with Crippen molar-refractivity contribution in [2.75, 3.05) is 77.9 Å². The fraction of sp³-hybridized carbons (Fsp3) is 0.382. The molecule has 0 spiro atoms. The first-order valence-corrected chi connectivity index (χ1v) is 49.9. The number of nitrogen functional groups attached to an aromatic ring is 3. The molecule has 1 amide bonds. The molecule has 0 aliphatic rings. The number of terminal acetylenes is 1. The van der Waals surface area contributed by atoms with E-state index >= 15 is 0 Å². The summed E-state index contributed by atoms with van der Waals surface area (Å²) in [6.07, 6.45) is 9.31. The van der Waals surface area contributed by atoms with Gasteiger partial charge in [-0.1, -0.05) is 56.3 Å². The average molecular weight is 2240 g/mol. The number of carboxylic acids is 2. The number of halogens is 9. The molecule has 0 aliphatic heterocycles. The number of carboxylic acid groups (broad SMARTS) is 2. The Kier molecular flexibility index (Phi) is 68.8. The SMILES string of the molecule is BrBr.BrBr.C#C[Si](C)(C)C.CC(C)(C)C(=O)Nc1nc2ncc(Br)cc2c(=O)[nH]1.CCO.CCOC.CCOC(=O)c1cc(C)c(Br)s1.COC(CC(OC)OC)OC.Cc1cc(C(=O)O)sc1Br.Cc1ccsc1.Cc1csc(C(=O)O)c1.Nc1cc(=O)[nH]c(N)n1.Nc1nc2ncc(Br)cc2c(=O)[nH]1.O=CC(Br)C=O. The molecular weight excluding hydrogens is 2150 g/mol. The summed E-state index contributed by atoms with van der Waals surface area (Å²) in [5.74, 6) is -1.81. The van der Waals surface area contributed by atoms with Crippen LogP contribution >= 0.6 is 182 Å². The number of nitrogens with two attached hydrogens (primary N) is 3. The van der Waals surface area contributed by atoms with Crippen LogP contribution in [0.2, 0.25) is 19.6 Å². The fourth-order valence-electron chi connectivity index (χ4n) is 5.83. The van der Waals surface area contributed by atoms with Crippen LogP contribution in [0, 0.1) is 45.1 Å². The molecule has 0 atom stereocenters. The maximum atomic E-state index is 11.9. The molecule has 30 nitrogen and oxygen atoms in total. The van der Waals surface area contributed by atoms with E-state index in [1.165, 1.54) is 39.6 Å². The maximum Gasteiger partial charge on any atom is 0.348 e. The topological polar surface area (TPSA) is 472 Å². The molecule has 9 aromatic heterocycles. The van der Waals surface area contributed by atoms with Gasteiger partial charge in [0.15, 0.2) is 23.9 Å². The minimum Gasteiger partial charge on any atom is -0.477 e. The standard InChI is InChI=1S/C12H13BrN4O2.C8H9BrO2S.C7H5BrN4O.C7H16O4.C6H5BrO2S.C6H6O2S.C5H6S.C5H10Si.C4H6N4O.C3H3BrO2.C3H8O.C2H6O.2Br2/c1-12(2,3)10(19)17-11-15-8-7(9(18)16-11)4-6(13)5-14-8;1-3-11-8(10)6-4-5(2)7(9)12-6;8-3-1-4-5(10-2-3)11-7(9)12-6(4)13;1-8-6(9-2)5-7(10-3)11-4;1-3-2-4(6(8)9)10-5(3)7;1-4-2-5(6(7)8)9-3-4;1-5-2-3-6-4-5;1-5-6(2,3)4;5-2-1-3(9)8-4(6)7-2;4-3(1-5)2-6;1-3-4-2;1-2-3;2*1-2/h4-5H,1-3H3,(H2,14,15,16,17,18,19);4H,3H2,1-2H3;1-2H,(H3,9,10,11,12,13);6-7H,5H2,1-4H3;2H,1H3,(H,8,9);2-3H,1H3,(H,7,8);2-4H,1H3;1H,2-4H3;1H,(H5,5,6,7,8,9);1-3H;3H2,1-2H3;3H,2H2,1H3;;. The van der Waals surface area contributed by atoms with Crippen LogP contribution in [-0.4, -0.2) is 172 Å². The molecular formula is C68H93Br9N12O18S4Si. The number of pyridine rings is 2. The van der Waals surface area contributed by atoms with Gasteiger partial charge in [0.2, 0.25) is 23.8 Å². The summed E-state index contributed by atoms with van der Waals surface area (Å²) in [6.45, 7) is 26.5. The van der Waals surface area contributed by atoms with Crippen molar-refractivity contribution >= 4 is 272 Å². The van der Waals surface area contributed by atoms with E-state index in [0.717, 1.165) is 41.4 Å². The number of aliphatic hydroxyl groups is 1. The molecule has 0 aromatic carbocycles. The molecule has 0 radical (unpaired) electrons. The largest absolute Gasteiger partial charge is 0.477 e. The van der Waals surface area contributed by atoms with Gasteiger partial charge >= 0.3 is 17.9 Å². The summed E-state index contributed by atoms with van der Waals surface area (Å²) in [5, 5.41) is 33.9. The Morgan fingerprint density at radius 2 is 1.09 bits per heavy atom. The molecule has 9 aromatic rings. The van der Waals surface area contributed by atoms with Crippen LogP contribution in [0.15, 0.2) is 102 Å². The molecule has 9 heterocycles. The van der Waals surface area contributed by atoms with Crippen molar-refractivity contribution in [3.8, 4) is 12.0 Å². The number of esters is 1. The number of hydrogen-bond donors (Lipinski definition) is 10. The lowest BCUT2D eigenvalue weighted by Crippen LogP contribution is -2.29. The number of methoxy groups -OCH3 is 5.